The Balaban J connectivity index is 0. The molecule has 0 aromatic heterocycles. The Kier molecular flexibility index (Phi) is 21.6. The van der Waals surface area contributed by atoms with Crippen LogP contribution in [0.1, 0.15) is 32.6 Å². The molecule has 0 spiro atoms. The molecule has 135 valence electrons. The van der Waals surface area contributed by atoms with Crippen LogP contribution in [0.4, 0.5) is 0 Å². The number of rotatable bonds is 17. The Labute approximate surface area is 162 Å². The van der Waals surface area contributed by atoms with Crippen molar-refractivity contribution < 1.29 is 31.9 Å². The topological polar surface area (TPSA) is 91.3 Å². The molecule has 0 heterocycles. The van der Waals surface area contributed by atoms with Crippen LogP contribution in [0.2, 0.25) is 0 Å². The fraction of sp³-hybridized carbons (Fsp3) is 1.00. The van der Waals surface area contributed by atoms with Crippen LogP contribution in [0.15, 0.2) is 0 Å². The molecule has 0 amide bonds. The summed E-state index contributed by atoms with van der Waals surface area (Å²) < 4.78 is 50.7. The molecule has 0 fully saturated rings. The zero-order chi connectivity index (χ0) is 16.5. The average molecular weight is 365 g/mol. The van der Waals surface area contributed by atoms with Crippen molar-refractivity contribution in [1.29, 1.82) is 0 Å². The van der Waals surface area contributed by atoms with Gasteiger partial charge in [-0.1, -0.05) is 13.3 Å². The molecule has 1 N–H and O–H groups in total. The van der Waals surface area contributed by atoms with Crippen molar-refractivity contribution in [2.24, 2.45) is 0 Å². The molecule has 0 aliphatic heterocycles. The zero-order valence-corrected chi connectivity index (χ0v) is 17.3. The van der Waals surface area contributed by atoms with Gasteiger partial charge < -0.3 is 18.9 Å². The molecule has 7 nitrogen and oxygen atoms in total. The van der Waals surface area contributed by atoms with Crippen LogP contribution in [-0.4, -0.2) is 101 Å². The monoisotopic (exact) mass is 365 g/mol. The minimum Gasteiger partial charge on any atom is -0.379 e. The third-order valence-corrected chi connectivity index (χ3v) is 3.50. The summed E-state index contributed by atoms with van der Waals surface area (Å²) >= 11 is 0. The van der Waals surface area contributed by atoms with Crippen molar-refractivity contribution in [3.8, 4) is 0 Å². The van der Waals surface area contributed by atoms with E-state index in [1.165, 1.54) is 0 Å². The average Bonchev–Trinajstić information content (AvgIpc) is 2.45. The van der Waals surface area contributed by atoms with Gasteiger partial charge in [0.15, 0.2) is 0 Å². The fourth-order valence-corrected chi connectivity index (χ4v) is 2.07. The zero-order valence-electron chi connectivity index (χ0n) is 14.5. The second-order valence-electron chi connectivity index (χ2n) is 4.80. The molecule has 0 aliphatic carbocycles. The van der Waals surface area contributed by atoms with Crippen molar-refractivity contribution in [3.05, 3.63) is 0 Å². The smallest absolute Gasteiger partial charge is 0.264 e. The molecule has 0 aromatic rings. The summed E-state index contributed by atoms with van der Waals surface area (Å²) in [5, 5.41) is 0. The van der Waals surface area contributed by atoms with Crippen LogP contribution in [0, 0.1) is 0 Å². The minimum atomic E-state index is -3.85. The van der Waals surface area contributed by atoms with Crippen molar-refractivity contribution >= 4 is 39.7 Å². The summed E-state index contributed by atoms with van der Waals surface area (Å²) in [4.78, 5) is 0. The van der Waals surface area contributed by atoms with Gasteiger partial charge in [-0.2, -0.15) is 8.42 Å². The first-order chi connectivity index (χ1) is 10.6. The van der Waals surface area contributed by atoms with Crippen LogP contribution in [0.3, 0.4) is 0 Å². The maximum atomic E-state index is 10.5. The Morgan fingerprint density at radius 2 is 1.09 bits per heavy atom. The molecule has 0 aromatic carbocycles. The summed E-state index contributed by atoms with van der Waals surface area (Å²) in [5.41, 5.74) is 0. The van der Waals surface area contributed by atoms with Gasteiger partial charge in [-0.15, -0.1) is 0 Å². The summed E-state index contributed by atoms with van der Waals surface area (Å²) in [6, 6.07) is 0. The molecule has 0 atom stereocenters. The minimum absolute atomic E-state index is 0. The van der Waals surface area contributed by atoms with E-state index in [1.807, 2.05) is 0 Å². The summed E-state index contributed by atoms with van der Waals surface area (Å²) in [6.45, 7) is 6.57. The standard InChI is InChI=1S/C14H30O7S.Na/c1-2-3-6-18-8-10-20-12-13-21-11-9-19-7-4-5-14-22(15,16)17;/h2-14H2,1H3,(H,15,16,17);. The molecule has 0 rings (SSSR count). The third kappa shape index (κ3) is 25.1. The van der Waals surface area contributed by atoms with Crippen molar-refractivity contribution in [2.75, 3.05) is 58.6 Å². The van der Waals surface area contributed by atoms with Gasteiger partial charge in [0.1, 0.15) is 0 Å². The Hall–Kier alpha value is 0.750. The molecular weight excluding hydrogens is 335 g/mol. The van der Waals surface area contributed by atoms with E-state index in [1.54, 1.807) is 0 Å². The van der Waals surface area contributed by atoms with E-state index in [4.69, 9.17) is 23.5 Å². The van der Waals surface area contributed by atoms with Crippen LogP contribution < -0.4 is 0 Å². The Bertz CT molecular complexity index is 325. The molecule has 0 bridgehead atoms. The number of hydrogen-bond acceptors (Lipinski definition) is 6. The van der Waals surface area contributed by atoms with E-state index < -0.39 is 10.1 Å². The van der Waals surface area contributed by atoms with Crippen molar-refractivity contribution in [2.45, 2.75) is 32.6 Å². The van der Waals surface area contributed by atoms with E-state index in [0.29, 0.717) is 59.1 Å². The maximum Gasteiger partial charge on any atom is 0.264 e. The molecule has 0 saturated carbocycles. The summed E-state index contributed by atoms with van der Waals surface area (Å²) in [6.07, 6.45) is 3.21. The van der Waals surface area contributed by atoms with Crippen LogP contribution in [-0.2, 0) is 29.1 Å². The molecule has 9 heteroatoms. The first kappa shape index (κ1) is 26.0. The second-order valence-corrected chi connectivity index (χ2v) is 6.37. The summed E-state index contributed by atoms with van der Waals surface area (Å²) in [7, 11) is -3.85. The van der Waals surface area contributed by atoms with Crippen molar-refractivity contribution in [3.63, 3.8) is 0 Å². The largest absolute Gasteiger partial charge is 0.379 e. The summed E-state index contributed by atoms with van der Waals surface area (Å²) in [5.74, 6) is -0.216. The quantitative estimate of drug-likeness (QED) is 0.235. The molecule has 0 saturated heterocycles. The van der Waals surface area contributed by atoms with Crippen LogP contribution in [0.25, 0.3) is 0 Å². The maximum absolute atomic E-state index is 10.5. The van der Waals surface area contributed by atoms with Gasteiger partial charge in [-0.05, 0) is 19.3 Å². The van der Waals surface area contributed by atoms with Gasteiger partial charge >= 0.3 is 0 Å². The molecule has 0 aliphatic rings. The van der Waals surface area contributed by atoms with Gasteiger partial charge in [0.25, 0.3) is 10.1 Å². The first-order valence-corrected chi connectivity index (χ1v) is 9.43. The van der Waals surface area contributed by atoms with Gasteiger partial charge in [-0.25, -0.2) is 0 Å². The number of unbranched alkanes of at least 4 members (excludes halogenated alkanes) is 2. The van der Waals surface area contributed by atoms with E-state index in [9.17, 15) is 8.42 Å². The first-order valence-electron chi connectivity index (χ1n) is 7.82. The molecule has 1 radical (unpaired) electrons. The molecular formula is C14H30NaO7S. The van der Waals surface area contributed by atoms with Crippen LogP contribution in [0.5, 0.6) is 0 Å². The predicted octanol–water partition coefficient (Wildman–Crippen LogP) is 1.14. The van der Waals surface area contributed by atoms with E-state index >= 15 is 0 Å². The Morgan fingerprint density at radius 1 is 0.696 bits per heavy atom. The van der Waals surface area contributed by atoms with E-state index in [-0.39, 0.29) is 35.3 Å². The third-order valence-electron chi connectivity index (χ3n) is 2.70. The van der Waals surface area contributed by atoms with Gasteiger partial charge in [0.2, 0.25) is 0 Å². The molecule has 0 unspecified atom stereocenters. The second kappa shape index (κ2) is 19.1. The molecule has 23 heavy (non-hydrogen) atoms. The van der Waals surface area contributed by atoms with Gasteiger partial charge in [-0.3, -0.25) is 4.55 Å². The van der Waals surface area contributed by atoms with E-state index in [0.717, 1.165) is 19.4 Å². The number of ether oxygens (including phenoxy) is 4. The SMILES string of the molecule is CCCCOCCOCCOCCOCCCCS(=O)(=O)O.[Na]. The van der Waals surface area contributed by atoms with Crippen LogP contribution >= 0.6 is 0 Å². The number of hydrogen-bond donors (Lipinski definition) is 1. The van der Waals surface area contributed by atoms with Gasteiger partial charge in [0.05, 0.1) is 45.4 Å². The normalized spacial score (nSPS) is 11.4. The fourth-order valence-electron chi connectivity index (χ4n) is 1.50. The van der Waals surface area contributed by atoms with E-state index in [2.05, 4.69) is 6.92 Å². The Morgan fingerprint density at radius 3 is 1.48 bits per heavy atom. The van der Waals surface area contributed by atoms with Gasteiger partial charge in [0, 0.05) is 42.8 Å². The predicted molar refractivity (Wildman–Crippen MR) is 89.6 cm³/mol. The van der Waals surface area contributed by atoms with Crippen molar-refractivity contribution in [1.82, 2.24) is 0 Å².